The molecule has 0 aliphatic heterocycles. The molecular formula is C15H20O4. The zero-order valence-electron chi connectivity index (χ0n) is 11.4. The summed E-state index contributed by atoms with van der Waals surface area (Å²) in [6.07, 6.45) is 5.93. The van der Waals surface area contributed by atoms with E-state index >= 15 is 0 Å². The SMILES string of the molecule is CC/C=C\CCOC(=O)Cc1ccc(O)c(OC)c1. The third-order valence-electron chi connectivity index (χ3n) is 2.54. The molecule has 0 spiro atoms. The number of methoxy groups -OCH3 is 1. The monoisotopic (exact) mass is 264 g/mol. The standard InChI is InChI=1S/C15H20O4/c1-3-4-5-6-9-19-15(17)11-12-7-8-13(16)14(10-12)18-2/h4-5,7-8,10,16H,3,6,9,11H2,1-2H3/b5-4-. The van der Waals surface area contributed by atoms with Gasteiger partial charge in [0.2, 0.25) is 0 Å². The summed E-state index contributed by atoms with van der Waals surface area (Å²) < 4.78 is 10.1. The quantitative estimate of drug-likeness (QED) is 0.467. The third-order valence-corrected chi connectivity index (χ3v) is 2.54. The van der Waals surface area contributed by atoms with E-state index in [1.54, 1.807) is 12.1 Å². The number of rotatable bonds is 7. The first kappa shape index (κ1) is 15.1. The molecule has 0 amide bonds. The highest BCUT2D eigenvalue weighted by atomic mass is 16.5. The van der Waals surface area contributed by atoms with E-state index in [-0.39, 0.29) is 18.1 Å². The lowest BCUT2D eigenvalue weighted by atomic mass is 10.1. The number of hydrogen-bond acceptors (Lipinski definition) is 4. The maximum absolute atomic E-state index is 11.6. The van der Waals surface area contributed by atoms with E-state index in [0.717, 1.165) is 18.4 Å². The van der Waals surface area contributed by atoms with Crippen LogP contribution in [0.25, 0.3) is 0 Å². The predicted octanol–water partition coefficient (Wildman–Crippen LogP) is 2.84. The number of hydrogen-bond donors (Lipinski definition) is 1. The molecule has 0 saturated heterocycles. The summed E-state index contributed by atoms with van der Waals surface area (Å²) in [5.74, 6) is 0.137. The summed E-state index contributed by atoms with van der Waals surface area (Å²) >= 11 is 0. The van der Waals surface area contributed by atoms with E-state index in [0.29, 0.717) is 12.4 Å². The summed E-state index contributed by atoms with van der Waals surface area (Å²) in [5.41, 5.74) is 0.753. The summed E-state index contributed by atoms with van der Waals surface area (Å²) in [6, 6.07) is 4.81. The molecule has 0 radical (unpaired) electrons. The Morgan fingerprint density at radius 1 is 1.37 bits per heavy atom. The maximum atomic E-state index is 11.6. The van der Waals surface area contributed by atoms with Crippen molar-refractivity contribution in [1.82, 2.24) is 0 Å². The second-order valence-electron chi connectivity index (χ2n) is 4.07. The molecule has 4 heteroatoms. The number of aromatic hydroxyl groups is 1. The first-order valence-electron chi connectivity index (χ1n) is 6.33. The van der Waals surface area contributed by atoms with Gasteiger partial charge in [0.1, 0.15) is 0 Å². The van der Waals surface area contributed by atoms with Gasteiger partial charge in [-0.1, -0.05) is 25.1 Å². The molecule has 1 aromatic carbocycles. The van der Waals surface area contributed by atoms with Crippen molar-refractivity contribution in [2.75, 3.05) is 13.7 Å². The largest absolute Gasteiger partial charge is 0.504 e. The Kier molecular flexibility index (Phi) is 6.50. The van der Waals surface area contributed by atoms with E-state index in [4.69, 9.17) is 9.47 Å². The second kappa shape index (κ2) is 8.19. The number of esters is 1. The summed E-state index contributed by atoms with van der Waals surface area (Å²) in [4.78, 5) is 11.6. The van der Waals surface area contributed by atoms with Gasteiger partial charge < -0.3 is 14.6 Å². The first-order chi connectivity index (χ1) is 9.17. The highest BCUT2D eigenvalue weighted by molar-refractivity contribution is 5.72. The van der Waals surface area contributed by atoms with Crippen molar-refractivity contribution >= 4 is 5.97 Å². The van der Waals surface area contributed by atoms with Crippen molar-refractivity contribution in [2.24, 2.45) is 0 Å². The van der Waals surface area contributed by atoms with Crippen LogP contribution >= 0.6 is 0 Å². The Bertz CT molecular complexity index is 438. The molecule has 19 heavy (non-hydrogen) atoms. The van der Waals surface area contributed by atoms with Crippen LogP contribution in [0.2, 0.25) is 0 Å². The summed E-state index contributed by atoms with van der Waals surface area (Å²) in [6.45, 7) is 2.45. The fourth-order valence-electron chi connectivity index (χ4n) is 1.58. The van der Waals surface area contributed by atoms with Gasteiger partial charge >= 0.3 is 5.97 Å². The van der Waals surface area contributed by atoms with E-state index in [1.807, 2.05) is 12.2 Å². The number of ether oxygens (including phenoxy) is 2. The van der Waals surface area contributed by atoms with Crippen LogP contribution in [0.4, 0.5) is 0 Å². The van der Waals surface area contributed by atoms with Gasteiger partial charge in [0.05, 0.1) is 20.1 Å². The van der Waals surface area contributed by atoms with Crippen LogP contribution in [0, 0.1) is 0 Å². The van der Waals surface area contributed by atoms with Gasteiger partial charge in [0.15, 0.2) is 11.5 Å². The van der Waals surface area contributed by atoms with Crippen LogP contribution in [-0.4, -0.2) is 24.8 Å². The first-order valence-corrected chi connectivity index (χ1v) is 6.33. The number of phenols is 1. The van der Waals surface area contributed by atoms with Gasteiger partial charge in [-0.25, -0.2) is 0 Å². The molecule has 0 unspecified atom stereocenters. The normalized spacial score (nSPS) is 10.6. The molecule has 0 atom stereocenters. The van der Waals surface area contributed by atoms with Crippen LogP contribution in [0.5, 0.6) is 11.5 Å². The predicted molar refractivity (Wildman–Crippen MR) is 73.4 cm³/mol. The van der Waals surface area contributed by atoms with Crippen molar-refractivity contribution in [3.63, 3.8) is 0 Å². The molecule has 0 saturated carbocycles. The fourth-order valence-corrected chi connectivity index (χ4v) is 1.58. The van der Waals surface area contributed by atoms with Crippen LogP contribution in [0.15, 0.2) is 30.4 Å². The van der Waals surface area contributed by atoms with Crippen molar-refractivity contribution in [3.05, 3.63) is 35.9 Å². The lowest BCUT2D eigenvalue weighted by molar-refractivity contribution is -0.142. The number of allylic oxidation sites excluding steroid dienone is 1. The van der Waals surface area contributed by atoms with Crippen LogP contribution in [0.1, 0.15) is 25.3 Å². The minimum Gasteiger partial charge on any atom is -0.504 e. The van der Waals surface area contributed by atoms with Gasteiger partial charge in [0, 0.05) is 0 Å². The van der Waals surface area contributed by atoms with Crippen LogP contribution in [-0.2, 0) is 16.0 Å². The topological polar surface area (TPSA) is 55.8 Å². The Labute approximate surface area is 113 Å². The molecule has 1 aromatic rings. The molecule has 0 aliphatic carbocycles. The number of carbonyl (C=O) groups is 1. The van der Waals surface area contributed by atoms with E-state index in [1.165, 1.54) is 13.2 Å². The van der Waals surface area contributed by atoms with Gasteiger partial charge in [-0.2, -0.15) is 0 Å². The number of carbonyl (C=O) groups excluding carboxylic acids is 1. The number of benzene rings is 1. The molecule has 104 valence electrons. The van der Waals surface area contributed by atoms with Crippen LogP contribution < -0.4 is 4.74 Å². The average Bonchev–Trinajstić information content (AvgIpc) is 2.40. The summed E-state index contributed by atoms with van der Waals surface area (Å²) in [5, 5.41) is 9.44. The van der Waals surface area contributed by atoms with Gasteiger partial charge in [-0.05, 0) is 30.5 Å². The zero-order valence-corrected chi connectivity index (χ0v) is 11.4. The Hall–Kier alpha value is -1.97. The highest BCUT2D eigenvalue weighted by Crippen LogP contribution is 2.26. The smallest absolute Gasteiger partial charge is 0.310 e. The van der Waals surface area contributed by atoms with Crippen molar-refractivity contribution in [3.8, 4) is 11.5 Å². The van der Waals surface area contributed by atoms with E-state index in [2.05, 4.69) is 6.92 Å². The Morgan fingerprint density at radius 2 is 2.16 bits per heavy atom. The maximum Gasteiger partial charge on any atom is 0.310 e. The molecule has 0 aliphatic rings. The molecule has 1 N–H and O–H groups in total. The van der Waals surface area contributed by atoms with Crippen LogP contribution in [0.3, 0.4) is 0 Å². The summed E-state index contributed by atoms with van der Waals surface area (Å²) in [7, 11) is 1.47. The van der Waals surface area contributed by atoms with Crippen molar-refractivity contribution < 1.29 is 19.4 Å². The lowest BCUT2D eigenvalue weighted by Gasteiger charge is -2.07. The molecule has 4 nitrogen and oxygen atoms in total. The molecular weight excluding hydrogens is 244 g/mol. The van der Waals surface area contributed by atoms with Crippen molar-refractivity contribution in [1.29, 1.82) is 0 Å². The minimum atomic E-state index is -0.280. The van der Waals surface area contributed by atoms with Gasteiger partial charge in [-0.15, -0.1) is 0 Å². The lowest BCUT2D eigenvalue weighted by Crippen LogP contribution is -2.08. The second-order valence-corrected chi connectivity index (χ2v) is 4.07. The Morgan fingerprint density at radius 3 is 2.84 bits per heavy atom. The third kappa shape index (κ3) is 5.46. The molecule has 0 fully saturated rings. The minimum absolute atomic E-state index is 0.0596. The van der Waals surface area contributed by atoms with Gasteiger partial charge in [-0.3, -0.25) is 4.79 Å². The van der Waals surface area contributed by atoms with E-state index in [9.17, 15) is 9.90 Å². The van der Waals surface area contributed by atoms with Crippen molar-refractivity contribution in [2.45, 2.75) is 26.2 Å². The molecule has 1 rings (SSSR count). The highest BCUT2D eigenvalue weighted by Gasteiger charge is 2.07. The van der Waals surface area contributed by atoms with E-state index < -0.39 is 0 Å². The molecule has 0 bridgehead atoms. The molecule has 0 heterocycles. The number of phenolic OH excluding ortho intramolecular Hbond substituents is 1. The Balaban J connectivity index is 2.42. The zero-order chi connectivity index (χ0) is 14.1. The fraction of sp³-hybridized carbons (Fsp3) is 0.400. The average molecular weight is 264 g/mol. The van der Waals surface area contributed by atoms with Gasteiger partial charge in [0.25, 0.3) is 0 Å². The molecule has 0 aromatic heterocycles.